The van der Waals surface area contributed by atoms with Crippen LogP contribution in [0.2, 0.25) is 0 Å². The van der Waals surface area contributed by atoms with Gasteiger partial charge in [-0.05, 0) is 38.0 Å². The van der Waals surface area contributed by atoms with Crippen molar-refractivity contribution in [2.45, 2.75) is 25.8 Å². The molecule has 3 rings (SSSR count). The highest BCUT2D eigenvalue weighted by Gasteiger charge is 2.25. The minimum absolute atomic E-state index is 0.0756. The smallest absolute Gasteiger partial charge is 0.253 e. The molecule has 0 saturated carbocycles. The van der Waals surface area contributed by atoms with E-state index in [1.807, 2.05) is 25.1 Å². The SMILES string of the molecule is Cc1cc(-c2cccc(C(=O)N3CCC(NS(C)(=O)=O)CC3)c2)nc(N)n1. The number of nitrogens with one attached hydrogen (secondary N) is 1. The van der Waals surface area contributed by atoms with Crippen LogP contribution >= 0.6 is 0 Å². The largest absolute Gasteiger partial charge is 0.368 e. The van der Waals surface area contributed by atoms with Gasteiger partial charge in [-0.25, -0.2) is 23.1 Å². The molecule has 8 nitrogen and oxygen atoms in total. The predicted octanol–water partition coefficient (Wildman–Crippen LogP) is 1.19. The summed E-state index contributed by atoms with van der Waals surface area (Å²) in [6.45, 7) is 2.86. The molecule has 2 heterocycles. The van der Waals surface area contributed by atoms with Crippen LogP contribution < -0.4 is 10.5 Å². The van der Waals surface area contributed by atoms with E-state index in [4.69, 9.17) is 5.73 Å². The van der Waals surface area contributed by atoms with Crippen molar-refractivity contribution in [1.82, 2.24) is 19.6 Å². The summed E-state index contributed by atoms with van der Waals surface area (Å²) in [7, 11) is -3.23. The Labute approximate surface area is 158 Å². The summed E-state index contributed by atoms with van der Waals surface area (Å²) in [5, 5.41) is 0. The molecule has 27 heavy (non-hydrogen) atoms. The summed E-state index contributed by atoms with van der Waals surface area (Å²) in [5.41, 5.74) is 8.52. The summed E-state index contributed by atoms with van der Waals surface area (Å²) in [6, 6.07) is 8.95. The van der Waals surface area contributed by atoms with Gasteiger partial charge in [-0.15, -0.1) is 0 Å². The maximum absolute atomic E-state index is 12.8. The number of aromatic nitrogens is 2. The minimum atomic E-state index is -3.23. The standard InChI is InChI=1S/C18H23N5O3S/c1-12-10-16(21-18(19)20-12)13-4-3-5-14(11-13)17(24)23-8-6-15(7-9-23)22-27(2,25)26/h3-5,10-11,15,22H,6-9H2,1-2H3,(H2,19,20,21). The first kappa shape index (κ1) is 19.2. The van der Waals surface area contributed by atoms with E-state index in [2.05, 4.69) is 14.7 Å². The first-order valence-electron chi connectivity index (χ1n) is 8.69. The molecule has 0 atom stereocenters. The van der Waals surface area contributed by atoms with Gasteiger partial charge in [0.05, 0.1) is 11.9 Å². The van der Waals surface area contributed by atoms with Crippen LogP contribution in [0.15, 0.2) is 30.3 Å². The summed E-state index contributed by atoms with van der Waals surface area (Å²) in [4.78, 5) is 22.9. The molecule has 144 valence electrons. The Morgan fingerprint density at radius 2 is 1.93 bits per heavy atom. The minimum Gasteiger partial charge on any atom is -0.368 e. The Kier molecular flexibility index (Phi) is 5.43. The van der Waals surface area contributed by atoms with E-state index < -0.39 is 10.0 Å². The zero-order valence-electron chi connectivity index (χ0n) is 15.3. The predicted molar refractivity (Wildman–Crippen MR) is 104 cm³/mol. The van der Waals surface area contributed by atoms with Gasteiger partial charge in [0, 0.05) is 36.0 Å². The van der Waals surface area contributed by atoms with Crippen LogP contribution in [-0.2, 0) is 10.0 Å². The Bertz CT molecular complexity index is 933. The van der Waals surface area contributed by atoms with Gasteiger partial charge >= 0.3 is 0 Å². The highest BCUT2D eigenvalue weighted by Crippen LogP contribution is 2.22. The number of nitrogen functional groups attached to an aromatic ring is 1. The van der Waals surface area contributed by atoms with Crippen molar-refractivity contribution in [3.8, 4) is 11.3 Å². The lowest BCUT2D eigenvalue weighted by Gasteiger charge is -2.32. The number of benzene rings is 1. The maximum atomic E-state index is 12.8. The molecule has 1 amide bonds. The number of nitrogens with two attached hydrogens (primary N) is 1. The highest BCUT2D eigenvalue weighted by atomic mass is 32.2. The first-order chi connectivity index (χ1) is 12.7. The summed E-state index contributed by atoms with van der Waals surface area (Å²) < 4.78 is 25.3. The number of rotatable bonds is 4. The fourth-order valence-corrected chi connectivity index (χ4v) is 4.08. The third-order valence-electron chi connectivity index (χ3n) is 4.44. The zero-order chi connectivity index (χ0) is 19.6. The van der Waals surface area contributed by atoms with E-state index >= 15 is 0 Å². The zero-order valence-corrected chi connectivity index (χ0v) is 16.2. The van der Waals surface area contributed by atoms with E-state index in [9.17, 15) is 13.2 Å². The van der Waals surface area contributed by atoms with E-state index in [1.54, 1.807) is 17.0 Å². The fraction of sp³-hybridized carbons (Fsp3) is 0.389. The molecule has 1 aliphatic rings. The van der Waals surface area contributed by atoms with Crippen molar-refractivity contribution in [3.63, 3.8) is 0 Å². The van der Waals surface area contributed by atoms with Crippen LogP contribution in [0.25, 0.3) is 11.3 Å². The van der Waals surface area contributed by atoms with Crippen LogP contribution in [-0.4, -0.2) is 54.6 Å². The lowest BCUT2D eigenvalue weighted by atomic mass is 10.0. The fourth-order valence-electron chi connectivity index (χ4n) is 3.24. The van der Waals surface area contributed by atoms with Crippen LogP contribution in [0.3, 0.4) is 0 Å². The van der Waals surface area contributed by atoms with Gasteiger partial charge in [-0.2, -0.15) is 0 Å². The number of carbonyl (C=O) groups excluding carboxylic acids is 1. The lowest BCUT2D eigenvalue weighted by molar-refractivity contribution is 0.0711. The number of likely N-dealkylation sites (tertiary alicyclic amines) is 1. The molecule has 0 unspecified atom stereocenters. The molecular weight excluding hydrogens is 366 g/mol. The molecule has 1 aliphatic heterocycles. The van der Waals surface area contributed by atoms with Crippen LogP contribution in [0.1, 0.15) is 28.9 Å². The molecular formula is C18H23N5O3S. The number of piperidine rings is 1. The van der Waals surface area contributed by atoms with Crippen molar-refractivity contribution in [3.05, 3.63) is 41.6 Å². The van der Waals surface area contributed by atoms with Crippen molar-refractivity contribution in [1.29, 1.82) is 0 Å². The molecule has 1 aromatic heterocycles. The number of hydrogen-bond donors (Lipinski definition) is 2. The molecule has 1 fully saturated rings. The maximum Gasteiger partial charge on any atom is 0.253 e. The molecule has 0 aliphatic carbocycles. The molecule has 0 radical (unpaired) electrons. The Morgan fingerprint density at radius 1 is 1.22 bits per heavy atom. The monoisotopic (exact) mass is 389 g/mol. The molecule has 0 spiro atoms. The Hall–Kier alpha value is -2.52. The molecule has 2 aromatic rings. The molecule has 1 aromatic carbocycles. The molecule has 3 N–H and O–H groups in total. The van der Waals surface area contributed by atoms with Gasteiger partial charge in [0.2, 0.25) is 16.0 Å². The van der Waals surface area contributed by atoms with Gasteiger partial charge in [-0.1, -0.05) is 12.1 Å². The number of nitrogens with zero attached hydrogens (tertiary/aromatic N) is 3. The van der Waals surface area contributed by atoms with Crippen molar-refractivity contribution in [2.24, 2.45) is 0 Å². The van der Waals surface area contributed by atoms with Crippen LogP contribution in [0, 0.1) is 6.92 Å². The average Bonchev–Trinajstić information content (AvgIpc) is 2.60. The third-order valence-corrected chi connectivity index (χ3v) is 5.20. The van der Waals surface area contributed by atoms with Gasteiger partial charge in [-0.3, -0.25) is 4.79 Å². The van der Waals surface area contributed by atoms with Gasteiger partial charge < -0.3 is 10.6 Å². The lowest BCUT2D eigenvalue weighted by Crippen LogP contribution is -2.46. The normalized spacial score (nSPS) is 15.7. The quantitative estimate of drug-likeness (QED) is 0.811. The van der Waals surface area contributed by atoms with E-state index in [0.29, 0.717) is 37.2 Å². The summed E-state index contributed by atoms with van der Waals surface area (Å²) >= 11 is 0. The Morgan fingerprint density at radius 3 is 2.56 bits per heavy atom. The Balaban J connectivity index is 1.73. The number of sulfonamides is 1. The average molecular weight is 389 g/mol. The summed E-state index contributed by atoms with van der Waals surface area (Å²) in [5.74, 6) is 0.121. The van der Waals surface area contributed by atoms with Crippen LogP contribution in [0.4, 0.5) is 5.95 Å². The molecule has 1 saturated heterocycles. The van der Waals surface area contributed by atoms with Crippen molar-refractivity contribution >= 4 is 21.9 Å². The topological polar surface area (TPSA) is 118 Å². The van der Waals surface area contributed by atoms with Gasteiger partial charge in [0.15, 0.2) is 0 Å². The van der Waals surface area contributed by atoms with Gasteiger partial charge in [0.1, 0.15) is 0 Å². The summed E-state index contributed by atoms with van der Waals surface area (Å²) in [6.07, 6.45) is 2.35. The highest BCUT2D eigenvalue weighted by molar-refractivity contribution is 7.88. The first-order valence-corrected chi connectivity index (χ1v) is 10.6. The number of hydrogen-bond acceptors (Lipinski definition) is 6. The van der Waals surface area contributed by atoms with Crippen molar-refractivity contribution < 1.29 is 13.2 Å². The van der Waals surface area contributed by atoms with Crippen molar-refractivity contribution in [2.75, 3.05) is 25.1 Å². The van der Waals surface area contributed by atoms with Crippen LogP contribution in [0.5, 0.6) is 0 Å². The van der Waals surface area contributed by atoms with E-state index in [0.717, 1.165) is 17.5 Å². The van der Waals surface area contributed by atoms with E-state index in [1.165, 1.54) is 0 Å². The molecule has 9 heteroatoms. The second-order valence-electron chi connectivity index (χ2n) is 6.79. The number of amides is 1. The third kappa shape index (κ3) is 5.01. The van der Waals surface area contributed by atoms with Gasteiger partial charge in [0.25, 0.3) is 5.91 Å². The number of aryl methyl sites for hydroxylation is 1. The van der Waals surface area contributed by atoms with E-state index in [-0.39, 0.29) is 17.9 Å². The second kappa shape index (κ2) is 7.61. The molecule has 0 bridgehead atoms. The number of anilines is 1. The second-order valence-corrected chi connectivity index (χ2v) is 8.57. The number of carbonyl (C=O) groups is 1.